The summed E-state index contributed by atoms with van der Waals surface area (Å²) < 4.78 is 0. The molecule has 1 atom stereocenters. The van der Waals surface area contributed by atoms with E-state index in [-0.39, 0.29) is 11.8 Å². The van der Waals surface area contributed by atoms with Crippen LogP contribution in [0.3, 0.4) is 0 Å². The average Bonchev–Trinajstić information content (AvgIpc) is 2.86. The lowest BCUT2D eigenvalue weighted by atomic mass is 10.0. The van der Waals surface area contributed by atoms with E-state index in [0.717, 1.165) is 28.0 Å². The van der Waals surface area contributed by atoms with Crippen molar-refractivity contribution in [3.63, 3.8) is 0 Å². The smallest absolute Gasteiger partial charge is 0.243 e. The van der Waals surface area contributed by atoms with Crippen LogP contribution in [0.15, 0.2) is 89.8 Å². The van der Waals surface area contributed by atoms with Gasteiger partial charge in [-0.25, -0.2) is 0 Å². The minimum Gasteiger partial charge on any atom is -0.354 e. The molecule has 0 bridgehead atoms. The molecule has 0 aromatic heterocycles. The Morgan fingerprint density at radius 1 is 0.912 bits per heavy atom. The highest BCUT2D eigenvalue weighted by Crippen LogP contribution is 2.21. The van der Waals surface area contributed by atoms with Crippen LogP contribution in [-0.4, -0.2) is 35.1 Å². The van der Waals surface area contributed by atoms with Gasteiger partial charge in [-0.1, -0.05) is 85.3 Å². The van der Waals surface area contributed by atoms with Crippen molar-refractivity contribution < 1.29 is 9.59 Å². The Hall–Kier alpha value is -3.05. The summed E-state index contributed by atoms with van der Waals surface area (Å²) in [7, 11) is 0. The van der Waals surface area contributed by atoms with E-state index in [0.29, 0.717) is 31.7 Å². The molecule has 0 fully saturated rings. The number of thioether (sulfide) groups is 1. The second-order valence-corrected chi connectivity index (χ2v) is 9.59. The Morgan fingerprint density at radius 2 is 1.59 bits per heavy atom. The summed E-state index contributed by atoms with van der Waals surface area (Å²) in [5.41, 5.74) is 3.21. The van der Waals surface area contributed by atoms with Gasteiger partial charge >= 0.3 is 0 Å². The van der Waals surface area contributed by atoms with Gasteiger partial charge in [0, 0.05) is 36.6 Å². The number of benzene rings is 3. The zero-order valence-corrected chi connectivity index (χ0v) is 20.9. The number of carbonyl (C=O) groups excluding carboxylic acids is 2. The summed E-state index contributed by atoms with van der Waals surface area (Å²) >= 11 is 1.66. The van der Waals surface area contributed by atoms with Gasteiger partial charge in [-0.3, -0.25) is 9.59 Å². The van der Waals surface area contributed by atoms with E-state index in [1.165, 1.54) is 0 Å². The molecule has 0 aliphatic rings. The van der Waals surface area contributed by atoms with Crippen molar-refractivity contribution in [2.24, 2.45) is 0 Å². The third-order valence-electron chi connectivity index (χ3n) is 5.58. The van der Waals surface area contributed by atoms with Gasteiger partial charge in [-0.15, -0.1) is 11.8 Å². The number of carbonyl (C=O) groups is 2. The van der Waals surface area contributed by atoms with Crippen LogP contribution in [0.1, 0.15) is 36.5 Å². The monoisotopic (exact) mass is 474 g/mol. The molecule has 0 radical (unpaired) electrons. The van der Waals surface area contributed by atoms with Gasteiger partial charge in [-0.2, -0.15) is 0 Å². The molecule has 0 saturated heterocycles. The molecule has 1 N–H and O–H groups in total. The number of hydrogen-bond acceptors (Lipinski definition) is 3. The maximum Gasteiger partial charge on any atom is 0.243 e. The second-order valence-electron chi connectivity index (χ2n) is 8.42. The Morgan fingerprint density at radius 3 is 2.26 bits per heavy atom. The van der Waals surface area contributed by atoms with E-state index in [9.17, 15) is 9.59 Å². The summed E-state index contributed by atoms with van der Waals surface area (Å²) in [6, 6.07) is 27.6. The van der Waals surface area contributed by atoms with E-state index in [1.54, 1.807) is 16.7 Å². The third-order valence-corrected chi connectivity index (χ3v) is 6.60. The van der Waals surface area contributed by atoms with Crippen LogP contribution in [0.4, 0.5) is 0 Å². The highest BCUT2D eigenvalue weighted by molar-refractivity contribution is 7.99. The number of amides is 2. The van der Waals surface area contributed by atoms with Crippen molar-refractivity contribution in [1.82, 2.24) is 10.2 Å². The largest absolute Gasteiger partial charge is 0.354 e. The number of rotatable bonds is 12. The second kappa shape index (κ2) is 13.6. The van der Waals surface area contributed by atoms with Crippen molar-refractivity contribution in [1.29, 1.82) is 0 Å². The predicted molar refractivity (Wildman–Crippen MR) is 141 cm³/mol. The molecular weight excluding hydrogens is 440 g/mol. The van der Waals surface area contributed by atoms with E-state index in [2.05, 4.69) is 23.5 Å². The molecule has 178 valence electrons. The summed E-state index contributed by atoms with van der Waals surface area (Å²) in [5.74, 6) is 0.571. The Balaban J connectivity index is 1.83. The lowest BCUT2D eigenvalue weighted by Gasteiger charge is -2.31. The zero-order valence-electron chi connectivity index (χ0n) is 20.1. The van der Waals surface area contributed by atoms with Gasteiger partial charge in [0.05, 0.1) is 0 Å². The molecular formula is C29H34N2O2S. The van der Waals surface area contributed by atoms with Crippen LogP contribution in [0, 0.1) is 6.92 Å². The molecule has 0 unspecified atom stereocenters. The lowest BCUT2D eigenvalue weighted by Crippen LogP contribution is -2.50. The summed E-state index contributed by atoms with van der Waals surface area (Å²) in [5, 5.41) is 3.03. The molecule has 0 spiro atoms. The fourth-order valence-electron chi connectivity index (χ4n) is 3.84. The molecule has 0 saturated carbocycles. The number of aryl methyl sites for hydroxylation is 1. The topological polar surface area (TPSA) is 49.4 Å². The molecule has 3 rings (SSSR count). The normalized spacial score (nSPS) is 11.6. The van der Waals surface area contributed by atoms with Crippen LogP contribution in [0.5, 0.6) is 0 Å². The first-order valence-electron chi connectivity index (χ1n) is 11.9. The van der Waals surface area contributed by atoms with E-state index in [4.69, 9.17) is 0 Å². The summed E-state index contributed by atoms with van der Waals surface area (Å²) in [6.45, 7) is 5.08. The standard InChI is InChI=1S/C29H34N2O2S/c1-3-18-30-29(33)27(21-24-12-6-4-7-13-24)31(22-25-14-10-11-23(2)20-25)28(32)17-19-34-26-15-8-5-9-16-26/h4-16,20,27H,3,17-19,21-22H2,1-2H3,(H,30,33)/t27-/m0/s1. The first-order valence-corrected chi connectivity index (χ1v) is 12.9. The highest BCUT2D eigenvalue weighted by atomic mass is 32.2. The van der Waals surface area contributed by atoms with E-state index < -0.39 is 6.04 Å². The van der Waals surface area contributed by atoms with Crippen molar-refractivity contribution in [3.05, 3.63) is 102 Å². The number of nitrogens with one attached hydrogen (secondary N) is 1. The van der Waals surface area contributed by atoms with Crippen LogP contribution in [0.25, 0.3) is 0 Å². The molecule has 5 heteroatoms. The Bertz CT molecular complexity index is 1040. The molecule has 4 nitrogen and oxygen atoms in total. The zero-order chi connectivity index (χ0) is 24.2. The molecule has 34 heavy (non-hydrogen) atoms. The molecule has 3 aromatic carbocycles. The fourth-order valence-corrected chi connectivity index (χ4v) is 4.71. The molecule has 0 aliphatic carbocycles. The van der Waals surface area contributed by atoms with Crippen LogP contribution < -0.4 is 5.32 Å². The average molecular weight is 475 g/mol. The Kier molecular flexibility index (Phi) is 10.2. The van der Waals surface area contributed by atoms with Gasteiger partial charge < -0.3 is 10.2 Å². The predicted octanol–water partition coefficient (Wildman–Crippen LogP) is 5.64. The van der Waals surface area contributed by atoms with Crippen LogP contribution in [-0.2, 0) is 22.6 Å². The van der Waals surface area contributed by atoms with Crippen LogP contribution in [0.2, 0.25) is 0 Å². The number of hydrogen-bond donors (Lipinski definition) is 1. The molecule has 2 amide bonds. The van der Waals surface area contributed by atoms with Gasteiger partial charge in [0.1, 0.15) is 6.04 Å². The van der Waals surface area contributed by atoms with Crippen molar-refractivity contribution in [2.45, 2.75) is 50.6 Å². The van der Waals surface area contributed by atoms with E-state index in [1.807, 2.05) is 80.6 Å². The minimum atomic E-state index is -0.566. The quantitative estimate of drug-likeness (QED) is 0.346. The molecule has 0 aliphatic heterocycles. The van der Waals surface area contributed by atoms with Crippen molar-refractivity contribution in [3.8, 4) is 0 Å². The third kappa shape index (κ3) is 8.07. The Labute approximate surface area is 207 Å². The van der Waals surface area contributed by atoms with Gasteiger partial charge in [0.15, 0.2) is 0 Å². The maximum atomic E-state index is 13.6. The van der Waals surface area contributed by atoms with Gasteiger partial charge in [0.25, 0.3) is 0 Å². The number of nitrogens with zero attached hydrogens (tertiary/aromatic N) is 1. The first-order chi connectivity index (χ1) is 16.6. The SMILES string of the molecule is CCCNC(=O)[C@H](Cc1ccccc1)N(Cc1cccc(C)c1)C(=O)CCSc1ccccc1. The summed E-state index contributed by atoms with van der Waals surface area (Å²) in [6.07, 6.45) is 1.71. The summed E-state index contributed by atoms with van der Waals surface area (Å²) in [4.78, 5) is 29.8. The maximum absolute atomic E-state index is 13.6. The minimum absolute atomic E-state index is 0.00230. The fraction of sp³-hybridized carbons (Fsp3) is 0.310. The van der Waals surface area contributed by atoms with Crippen molar-refractivity contribution >= 4 is 23.6 Å². The van der Waals surface area contributed by atoms with Gasteiger partial charge in [0.2, 0.25) is 11.8 Å². The van der Waals surface area contributed by atoms with E-state index >= 15 is 0 Å². The first kappa shape index (κ1) is 25.6. The molecule has 3 aromatic rings. The van der Waals surface area contributed by atoms with Crippen LogP contribution >= 0.6 is 11.8 Å². The van der Waals surface area contributed by atoms with Gasteiger partial charge in [-0.05, 0) is 36.6 Å². The molecule has 0 heterocycles. The lowest BCUT2D eigenvalue weighted by molar-refractivity contribution is -0.141. The van der Waals surface area contributed by atoms with Crippen molar-refractivity contribution in [2.75, 3.05) is 12.3 Å². The highest BCUT2D eigenvalue weighted by Gasteiger charge is 2.30.